The first-order valence-corrected chi connectivity index (χ1v) is 14.6. The molecule has 3 aliphatic heterocycles. The van der Waals surface area contributed by atoms with Crippen LogP contribution in [0, 0.1) is 18.8 Å². The van der Waals surface area contributed by atoms with E-state index in [-0.39, 0.29) is 36.8 Å². The van der Waals surface area contributed by atoms with Crippen LogP contribution in [-0.4, -0.2) is 63.6 Å². The smallest absolute Gasteiger partial charge is 0.310 e. The Hall–Kier alpha value is -2.81. The molecule has 2 bridgehead atoms. The average Bonchev–Trinajstić information content (AvgIpc) is 3.57. The van der Waals surface area contributed by atoms with Crippen molar-refractivity contribution >= 4 is 46.8 Å². The van der Waals surface area contributed by atoms with Gasteiger partial charge in [-0.3, -0.25) is 14.4 Å². The van der Waals surface area contributed by atoms with Crippen LogP contribution in [0.4, 0.5) is 5.69 Å². The number of para-hydroxylation sites is 1. The van der Waals surface area contributed by atoms with Gasteiger partial charge >= 0.3 is 5.97 Å². The van der Waals surface area contributed by atoms with Gasteiger partial charge in [-0.15, -0.1) is 18.3 Å². The van der Waals surface area contributed by atoms with Crippen molar-refractivity contribution in [3.05, 3.63) is 77.3 Å². The first-order chi connectivity index (χ1) is 18.8. The van der Waals surface area contributed by atoms with Crippen molar-refractivity contribution in [1.29, 1.82) is 0 Å². The van der Waals surface area contributed by atoms with E-state index in [2.05, 4.69) is 6.58 Å². The number of fused-ring (bicyclic) bond motifs is 1. The Morgan fingerprint density at radius 1 is 1.28 bits per heavy atom. The molecule has 6 atom stereocenters. The Morgan fingerprint density at radius 3 is 2.67 bits per heavy atom. The third-order valence-electron chi connectivity index (χ3n) is 8.26. The zero-order valence-electron chi connectivity index (χ0n) is 22.1. The van der Waals surface area contributed by atoms with Gasteiger partial charge < -0.3 is 19.6 Å². The molecule has 3 aliphatic rings. The summed E-state index contributed by atoms with van der Waals surface area (Å²) < 4.78 is 4.60. The molecule has 2 aromatic rings. The minimum atomic E-state index is -0.919. The minimum absolute atomic E-state index is 0.102. The van der Waals surface area contributed by atoms with Crippen molar-refractivity contribution in [2.45, 2.75) is 48.8 Å². The van der Waals surface area contributed by atoms with Gasteiger partial charge in [0.05, 0.1) is 46.5 Å². The predicted octanol–water partition coefficient (Wildman–Crippen LogP) is 4.56. The highest BCUT2D eigenvalue weighted by atomic mass is 35.5. The van der Waals surface area contributed by atoms with Crippen LogP contribution in [0.1, 0.15) is 36.9 Å². The number of hydrogen-bond donors (Lipinski definition) is 1. The molecular formula is C30H33ClN2O5S. The molecule has 39 heavy (non-hydrogen) atoms. The quantitative estimate of drug-likeness (QED) is 0.353. The average molecular weight is 569 g/mol. The molecule has 1 N–H and O–H groups in total. The fourth-order valence-electron chi connectivity index (χ4n) is 6.78. The van der Waals surface area contributed by atoms with Crippen LogP contribution in [0.2, 0.25) is 5.02 Å². The maximum Gasteiger partial charge on any atom is 0.310 e. The number of aryl methyl sites for hydroxylation is 1. The molecule has 3 saturated heterocycles. The highest BCUT2D eigenvalue weighted by Crippen LogP contribution is 2.67. The molecule has 206 valence electrons. The normalized spacial score (nSPS) is 27.8. The minimum Gasteiger partial charge on any atom is -0.466 e. The number of hydrogen-bond acceptors (Lipinski definition) is 6. The summed E-state index contributed by atoms with van der Waals surface area (Å²) in [7, 11) is 0. The van der Waals surface area contributed by atoms with E-state index in [1.165, 1.54) is 0 Å². The van der Waals surface area contributed by atoms with E-state index in [0.29, 0.717) is 23.6 Å². The van der Waals surface area contributed by atoms with E-state index in [1.54, 1.807) is 40.6 Å². The van der Waals surface area contributed by atoms with E-state index in [9.17, 15) is 19.5 Å². The van der Waals surface area contributed by atoms with E-state index in [1.807, 2.05) is 49.4 Å². The van der Waals surface area contributed by atoms with Crippen LogP contribution in [0.5, 0.6) is 0 Å². The Morgan fingerprint density at radius 2 is 2.03 bits per heavy atom. The number of aliphatic hydroxyl groups excluding tert-OH is 1. The van der Waals surface area contributed by atoms with Crippen molar-refractivity contribution in [3.8, 4) is 0 Å². The van der Waals surface area contributed by atoms with E-state index < -0.39 is 34.6 Å². The van der Waals surface area contributed by atoms with Gasteiger partial charge in [0.25, 0.3) is 5.91 Å². The lowest BCUT2D eigenvalue weighted by atomic mass is 9.71. The molecule has 0 radical (unpaired) electrons. The Labute approximate surface area is 238 Å². The number of anilines is 1. The Balaban J connectivity index is 1.67. The molecule has 3 fully saturated rings. The summed E-state index contributed by atoms with van der Waals surface area (Å²) in [5.41, 5.74) is 2.10. The molecule has 7 nitrogen and oxygen atoms in total. The number of esters is 1. The number of carbonyl (C=O) groups is 3. The van der Waals surface area contributed by atoms with Gasteiger partial charge in [-0.05, 0) is 43.9 Å². The lowest BCUT2D eigenvalue weighted by molar-refractivity contribution is -0.154. The summed E-state index contributed by atoms with van der Waals surface area (Å²) in [6.45, 7) is 7.54. The van der Waals surface area contributed by atoms with Gasteiger partial charge in [0, 0.05) is 11.8 Å². The van der Waals surface area contributed by atoms with Crippen molar-refractivity contribution < 1.29 is 24.2 Å². The second-order valence-corrected chi connectivity index (χ2v) is 12.3. The topological polar surface area (TPSA) is 87.2 Å². The number of carbonyl (C=O) groups excluding carboxylic acids is 3. The second-order valence-electron chi connectivity index (χ2n) is 10.3. The van der Waals surface area contributed by atoms with Gasteiger partial charge in [-0.2, -0.15) is 0 Å². The number of likely N-dealkylation sites (tertiary alicyclic amines) is 1. The van der Waals surface area contributed by atoms with Gasteiger partial charge in [0.2, 0.25) is 5.91 Å². The first kappa shape index (κ1) is 27.7. The summed E-state index contributed by atoms with van der Waals surface area (Å²) in [6.07, 6.45) is 2.95. The van der Waals surface area contributed by atoms with Crippen LogP contribution in [0.25, 0.3) is 0 Å². The monoisotopic (exact) mass is 568 g/mol. The van der Waals surface area contributed by atoms with E-state index >= 15 is 0 Å². The SMILES string of the molecule is C=CCN(C(=O)C1N([C@H](CO)c2ccccc2)C(=O)[C@@H]2[C@@H](C(=O)OCC)[C@H]3CCC12S3)c1c(C)cccc1Cl. The summed E-state index contributed by atoms with van der Waals surface area (Å²) in [5, 5.41) is 11.0. The fourth-order valence-corrected chi connectivity index (χ4v) is 9.29. The summed E-state index contributed by atoms with van der Waals surface area (Å²) in [6, 6.07) is 13.0. The van der Waals surface area contributed by atoms with Crippen LogP contribution in [0.15, 0.2) is 61.2 Å². The molecule has 3 heterocycles. The van der Waals surface area contributed by atoms with Crippen molar-refractivity contribution in [2.75, 3.05) is 24.7 Å². The molecular weight excluding hydrogens is 536 g/mol. The first-order valence-electron chi connectivity index (χ1n) is 13.3. The standard InChI is InChI=1S/C30H33ClN2O5S/c1-4-16-32(25-18(3)10-9-13-20(25)31)28(36)26-30-15-14-22(39-30)23(29(37)38-5-2)24(30)27(35)33(26)21(17-34)19-11-7-6-8-12-19/h4,6-13,21-24,26,34H,1,5,14-17H2,2-3H3/t21-,22-,23+,24+,26?,30?/m1/s1. The second kappa shape index (κ2) is 11.0. The zero-order valence-corrected chi connectivity index (χ0v) is 23.7. The van der Waals surface area contributed by atoms with Crippen LogP contribution in [0.3, 0.4) is 0 Å². The highest BCUT2D eigenvalue weighted by molar-refractivity contribution is 8.02. The number of ether oxygens (including phenoxy) is 1. The van der Waals surface area contributed by atoms with Gasteiger partial charge in [0.1, 0.15) is 6.04 Å². The molecule has 5 rings (SSSR count). The van der Waals surface area contributed by atoms with Crippen molar-refractivity contribution in [1.82, 2.24) is 4.90 Å². The number of rotatable bonds is 9. The van der Waals surface area contributed by atoms with Crippen molar-refractivity contribution in [3.63, 3.8) is 0 Å². The summed E-state index contributed by atoms with van der Waals surface area (Å²) in [5.74, 6) is -2.34. The molecule has 2 unspecified atom stereocenters. The van der Waals surface area contributed by atoms with Crippen molar-refractivity contribution in [2.24, 2.45) is 11.8 Å². The summed E-state index contributed by atoms with van der Waals surface area (Å²) >= 11 is 8.20. The van der Waals surface area contributed by atoms with E-state index in [4.69, 9.17) is 16.3 Å². The zero-order chi connectivity index (χ0) is 27.9. The molecule has 1 spiro atoms. The van der Waals surface area contributed by atoms with Gasteiger partial charge in [-0.25, -0.2) is 0 Å². The van der Waals surface area contributed by atoms with Gasteiger partial charge in [-0.1, -0.05) is 60.1 Å². The molecule has 0 aromatic heterocycles. The number of halogens is 1. The Kier molecular flexibility index (Phi) is 7.82. The number of nitrogens with zero attached hydrogens (tertiary/aromatic N) is 2. The lowest BCUT2D eigenvalue weighted by Crippen LogP contribution is -2.56. The van der Waals surface area contributed by atoms with Gasteiger partial charge in [0.15, 0.2) is 0 Å². The molecule has 0 aliphatic carbocycles. The van der Waals surface area contributed by atoms with E-state index in [0.717, 1.165) is 11.1 Å². The molecule has 0 saturated carbocycles. The third kappa shape index (κ3) is 4.37. The lowest BCUT2D eigenvalue weighted by Gasteiger charge is -2.40. The molecule has 2 aromatic carbocycles. The van der Waals surface area contributed by atoms with Crippen LogP contribution >= 0.6 is 23.4 Å². The van der Waals surface area contributed by atoms with Crippen LogP contribution in [-0.2, 0) is 19.1 Å². The fraction of sp³-hybridized carbons (Fsp3) is 0.433. The van der Waals surface area contributed by atoms with Crippen LogP contribution < -0.4 is 4.90 Å². The largest absolute Gasteiger partial charge is 0.466 e. The number of amides is 2. The molecule has 2 amide bonds. The Bertz CT molecular complexity index is 1270. The third-order valence-corrected chi connectivity index (χ3v) is 10.5. The molecule has 9 heteroatoms. The number of aliphatic hydroxyl groups is 1. The number of thioether (sulfide) groups is 1. The maximum absolute atomic E-state index is 14.8. The maximum atomic E-state index is 14.8. The predicted molar refractivity (Wildman–Crippen MR) is 153 cm³/mol. The summed E-state index contributed by atoms with van der Waals surface area (Å²) in [4.78, 5) is 45.5. The number of benzene rings is 2. The highest BCUT2D eigenvalue weighted by Gasteiger charge is 2.75.